The lowest BCUT2D eigenvalue weighted by Gasteiger charge is -2.33. The smallest absolute Gasteiger partial charge is 0.243 e. The van der Waals surface area contributed by atoms with E-state index in [0.717, 1.165) is 16.4 Å². The van der Waals surface area contributed by atoms with Crippen LogP contribution in [0.5, 0.6) is 0 Å². The summed E-state index contributed by atoms with van der Waals surface area (Å²) in [5, 5.41) is 3.51. The molecule has 0 spiro atoms. The maximum absolute atomic E-state index is 12.9. The van der Waals surface area contributed by atoms with Crippen LogP contribution in [0.1, 0.15) is 0 Å². The molecule has 146 valence electrons. The fourth-order valence-electron chi connectivity index (χ4n) is 3.06. The van der Waals surface area contributed by atoms with Crippen LogP contribution in [0.3, 0.4) is 0 Å². The van der Waals surface area contributed by atoms with Crippen molar-refractivity contribution in [2.45, 2.75) is 4.90 Å². The predicted octanol–water partition coefficient (Wildman–Crippen LogP) is 4.63. The van der Waals surface area contributed by atoms with Gasteiger partial charge in [-0.15, -0.1) is 11.3 Å². The second-order valence-corrected chi connectivity index (χ2v) is 9.94. The van der Waals surface area contributed by atoms with Crippen LogP contribution in [0.4, 0.5) is 5.13 Å². The van der Waals surface area contributed by atoms with E-state index in [-0.39, 0.29) is 9.92 Å². The van der Waals surface area contributed by atoms with E-state index in [1.54, 1.807) is 11.3 Å². The molecule has 0 N–H and O–H groups in total. The molecule has 1 aliphatic heterocycles. The summed E-state index contributed by atoms with van der Waals surface area (Å²) in [6.45, 7) is 1.95. The van der Waals surface area contributed by atoms with Gasteiger partial charge in [0.05, 0.1) is 20.6 Å². The number of piperazine rings is 1. The summed E-state index contributed by atoms with van der Waals surface area (Å²) in [6.07, 6.45) is 0. The van der Waals surface area contributed by atoms with Crippen molar-refractivity contribution in [3.05, 3.63) is 64.0 Å². The van der Waals surface area contributed by atoms with Crippen molar-refractivity contribution in [2.24, 2.45) is 0 Å². The third-order valence-corrected chi connectivity index (χ3v) is 8.13. The molecule has 0 aliphatic carbocycles. The van der Waals surface area contributed by atoms with Gasteiger partial charge in [-0.25, -0.2) is 13.4 Å². The number of hydrogen-bond donors (Lipinski definition) is 0. The molecule has 2 aromatic carbocycles. The van der Waals surface area contributed by atoms with Crippen molar-refractivity contribution < 1.29 is 8.42 Å². The molecule has 28 heavy (non-hydrogen) atoms. The van der Waals surface area contributed by atoms with Gasteiger partial charge < -0.3 is 4.90 Å². The Kier molecular flexibility index (Phi) is 5.62. The zero-order chi connectivity index (χ0) is 19.7. The second kappa shape index (κ2) is 8.00. The van der Waals surface area contributed by atoms with Crippen LogP contribution in [0.25, 0.3) is 11.3 Å². The van der Waals surface area contributed by atoms with Gasteiger partial charge in [-0.3, -0.25) is 0 Å². The first kappa shape index (κ1) is 19.7. The van der Waals surface area contributed by atoms with E-state index in [9.17, 15) is 8.42 Å². The van der Waals surface area contributed by atoms with E-state index in [0.29, 0.717) is 31.2 Å². The monoisotopic (exact) mass is 453 g/mol. The van der Waals surface area contributed by atoms with Crippen molar-refractivity contribution in [3.8, 4) is 11.3 Å². The normalized spacial score (nSPS) is 15.7. The number of rotatable bonds is 4. The van der Waals surface area contributed by atoms with Crippen LogP contribution in [-0.4, -0.2) is 43.9 Å². The van der Waals surface area contributed by atoms with Crippen LogP contribution in [-0.2, 0) is 10.0 Å². The number of halogens is 2. The number of aromatic nitrogens is 1. The first-order valence-corrected chi connectivity index (χ1v) is 11.7. The van der Waals surface area contributed by atoms with Crippen LogP contribution in [0, 0.1) is 0 Å². The maximum atomic E-state index is 12.9. The van der Waals surface area contributed by atoms with Crippen molar-refractivity contribution in [1.29, 1.82) is 0 Å². The fourth-order valence-corrected chi connectivity index (χ4v) is 5.76. The highest BCUT2D eigenvalue weighted by Crippen LogP contribution is 2.30. The molecule has 4 rings (SSSR count). The van der Waals surface area contributed by atoms with E-state index in [4.69, 9.17) is 28.2 Å². The molecule has 5 nitrogen and oxygen atoms in total. The Morgan fingerprint density at radius 3 is 2.32 bits per heavy atom. The minimum Gasteiger partial charge on any atom is -0.345 e. The van der Waals surface area contributed by atoms with Gasteiger partial charge in [-0.05, 0) is 18.2 Å². The molecule has 0 saturated carbocycles. The summed E-state index contributed by atoms with van der Waals surface area (Å²) in [4.78, 5) is 7.00. The summed E-state index contributed by atoms with van der Waals surface area (Å²) in [7, 11) is -3.60. The van der Waals surface area contributed by atoms with Gasteiger partial charge in [0.1, 0.15) is 0 Å². The number of hydrogen-bond acceptors (Lipinski definition) is 5. The number of thiazole rings is 1. The maximum Gasteiger partial charge on any atom is 0.243 e. The molecule has 9 heteroatoms. The minimum absolute atomic E-state index is 0.163. The molecular formula is C19H17Cl2N3O2S2. The van der Waals surface area contributed by atoms with Crippen molar-refractivity contribution in [1.82, 2.24) is 9.29 Å². The highest BCUT2D eigenvalue weighted by molar-refractivity contribution is 7.89. The first-order chi connectivity index (χ1) is 13.4. The van der Waals surface area contributed by atoms with E-state index >= 15 is 0 Å². The number of nitrogens with zero attached hydrogens (tertiary/aromatic N) is 3. The molecule has 0 amide bonds. The Labute approximate surface area is 178 Å². The lowest BCUT2D eigenvalue weighted by Crippen LogP contribution is -2.48. The van der Waals surface area contributed by atoms with Crippen molar-refractivity contribution >= 4 is 49.7 Å². The Morgan fingerprint density at radius 2 is 1.64 bits per heavy atom. The molecule has 1 saturated heterocycles. The Morgan fingerprint density at radius 1 is 0.929 bits per heavy atom. The van der Waals surface area contributed by atoms with E-state index in [1.807, 2.05) is 35.7 Å². The molecule has 1 aromatic heterocycles. The fraction of sp³-hybridized carbons (Fsp3) is 0.211. The lowest BCUT2D eigenvalue weighted by atomic mass is 10.2. The standard InChI is InChI=1S/C19H17Cl2N3O2S2/c20-16-7-6-15(12-17(16)21)28(25,26)24-10-8-23(9-11-24)19-22-18(13-27-19)14-4-2-1-3-5-14/h1-7,12-13H,8-11H2. The largest absolute Gasteiger partial charge is 0.345 e. The van der Waals surface area contributed by atoms with Crippen LogP contribution in [0.2, 0.25) is 10.0 Å². The summed E-state index contributed by atoms with van der Waals surface area (Å²) >= 11 is 13.5. The minimum atomic E-state index is -3.60. The zero-order valence-corrected chi connectivity index (χ0v) is 17.9. The lowest BCUT2D eigenvalue weighted by molar-refractivity contribution is 0.385. The molecule has 0 unspecified atom stereocenters. The second-order valence-electron chi connectivity index (χ2n) is 6.35. The van der Waals surface area contributed by atoms with Gasteiger partial charge >= 0.3 is 0 Å². The quantitative estimate of drug-likeness (QED) is 0.577. The Hall–Kier alpha value is -1.64. The zero-order valence-electron chi connectivity index (χ0n) is 14.8. The van der Waals surface area contributed by atoms with E-state index in [1.165, 1.54) is 22.5 Å². The molecule has 0 radical (unpaired) electrons. The first-order valence-electron chi connectivity index (χ1n) is 8.66. The average Bonchev–Trinajstić information content (AvgIpc) is 3.21. The highest BCUT2D eigenvalue weighted by atomic mass is 35.5. The molecule has 0 bridgehead atoms. The van der Waals surface area contributed by atoms with Gasteiger partial charge in [0.2, 0.25) is 10.0 Å². The highest BCUT2D eigenvalue weighted by Gasteiger charge is 2.29. The summed E-state index contributed by atoms with van der Waals surface area (Å²) < 4.78 is 27.2. The third-order valence-electron chi connectivity index (χ3n) is 4.60. The number of anilines is 1. The Balaban J connectivity index is 1.46. The number of benzene rings is 2. The summed E-state index contributed by atoms with van der Waals surface area (Å²) in [5.41, 5.74) is 2.01. The van der Waals surface area contributed by atoms with Crippen LogP contribution in [0.15, 0.2) is 58.8 Å². The van der Waals surface area contributed by atoms with Crippen LogP contribution < -0.4 is 4.90 Å². The summed E-state index contributed by atoms with van der Waals surface area (Å²) in [6, 6.07) is 14.4. The Bertz CT molecular complexity index is 1080. The molecule has 0 atom stereocenters. The van der Waals surface area contributed by atoms with Crippen molar-refractivity contribution in [3.63, 3.8) is 0 Å². The molecule has 3 aromatic rings. The average molecular weight is 454 g/mol. The molecule has 2 heterocycles. The van der Waals surface area contributed by atoms with Gasteiger partial charge in [0.25, 0.3) is 0 Å². The molecular weight excluding hydrogens is 437 g/mol. The van der Waals surface area contributed by atoms with Gasteiger partial charge in [-0.2, -0.15) is 4.31 Å². The SMILES string of the molecule is O=S(=O)(c1ccc(Cl)c(Cl)c1)N1CCN(c2nc(-c3ccccc3)cs2)CC1. The topological polar surface area (TPSA) is 53.5 Å². The molecule has 1 fully saturated rings. The third kappa shape index (κ3) is 3.90. The van der Waals surface area contributed by atoms with Crippen LogP contribution >= 0.6 is 34.5 Å². The van der Waals surface area contributed by atoms with E-state index in [2.05, 4.69) is 4.90 Å². The van der Waals surface area contributed by atoms with Gasteiger partial charge in [0, 0.05) is 37.1 Å². The van der Waals surface area contributed by atoms with Gasteiger partial charge in [0.15, 0.2) is 5.13 Å². The van der Waals surface area contributed by atoms with E-state index < -0.39 is 10.0 Å². The summed E-state index contributed by atoms with van der Waals surface area (Å²) in [5.74, 6) is 0. The number of sulfonamides is 1. The predicted molar refractivity (Wildman–Crippen MR) is 115 cm³/mol. The molecule has 1 aliphatic rings. The van der Waals surface area contributed by atoms with Crippen molar-refractivity contribution in [2.75, 3.05) is 31.1 Å². The van der Waals surface area contributed by atoms with Gasteiger partial charge in [-0.1, -0.05) is 53.5 Å².